The standard InChI is InChI=1S/C16H25N3O2/c1-3-10-19(4-2)11-9-17-16(20)15-12-18-13-7-5-6-8-14(13)21-15/h5-8,15,18H,3-4,9-12H2,1-2H3,(H,17,20). The molecule has 0 bridgehead atoms. The van der Waals surface area contributed by atoms with Gasteiger partial charge in [-0.15, -0.1) is 0 Å². The summed E-state index contributed by atoms with van der Waals surface area (Å²) in [5.74, 6) is 0.689. The molecule has 0 spiro atoms. The quantitative estimate of drug-likeness (QED) is 0.803. The maximum atomic E-state index is 12.1. The Morgan fingerprint density at radius 3 is 2.95 bits per heavy atom. The van der Waals surface area contributed by atoms with Crippen molar-refractivity contribution < 1.29 is 9.53 Å². The van der Waals surface area contributed by atoms with Gasteiger partial charge in [0.25, 0.3) is 5.91 Å². The van der Waals surface area contributed by atoms with Gasteiger partial charge in [0, 0.05) is 13.1 Å². The molecule has 1 atom stereocenters. The van der Waals surface area contributed by atoms with Crippen LogP contribution in [0.1, 0.15) is 20.3 Å². The lowest BCUT2D eigenvalue weighted by Gasteiger charge is -2.27. The molecule has 0 aliphatic carbocycles. The summed E-state index contributed by atoms with van der Waals surface area (Å²) in [6.45, 7) is 8.44. The van der Waals surface area contributed by atoms with E-state index in [0.717, 1.165) is 37.5 Å². The maximum absolute atomic E-state index is 12.1. The number of para-hydroxylation sites is 2. The zero-order valence-electron chi connectivity index (χ0n) is 12.9. The molecule has 2 N–H and O–H groups in total. The minimum absolute atomic E-state index is 0.0513. The molecule has 116 valence electrons. The van der Waals surface area contributed by atoms with Crippen molar-refractivity contribution in [3.8, 4) is 5.75 Å². The predicted octanol–water partition coefficient (Wildman–Crippen LogP) is 1.71. The van der Waals surface area contributed by atoms with Crippen molar-refractivity contribution in [3.63, 3.8) is 0 Å². The van der Waals surface area contributed by atoms with Crippen LogP contribution >= 0.6 is 0 Å². The Hall–Kier alpha value is -1.75. The summed E-state index contributed by atoms with van der Waals surface area (Å²) in [6.07, 6.45) is 0.676. The SMILES string of the molecule is CCCN(CC)CCNC(=O)C1CNc2ccccc2O1. The zero-order chi connectivity index (χ0) is 15.1. The number of rotatable bonds is 7. The summed E-state index contributed by atoms with van der Waals surface area (Å²) in [4.78, 5) is 14.5. The van der Waals surface area contributed by atoms with E-state index in [1.54, 1.807) is 0 Å². The third kappa shape index (κ3) is 4.36. The largest absolute Gasteiger partial charge is 0.477 e. The summed E-state index contributed by atoms with van der Waals surface area (Å²) in [7, 11) is 0. The zero-order valence-corrected chi connectivity index (χ0v) is 12.9. The summed E-state index contributed by atoms with van der Waals surface area (Å²) < 4.78 is 5.74. The summed E-state index contributed by atoms with van der Waals surface area (Å²) in [5.41, 5.74) is 0.946. The average Bonchev–Trinajstić information content (AvgIpc) is 2.53. The van der Waals surface area contributed by atoms with Crippen LogP contribution in [0.2, 0.25) is 0 Å². The number of nitrogens with one attached hydrogen (secondary N) is 2. The number of likely N-dealkylation sites (N-methyl/N-ethyl adjacent to an activating group) is 1. The Bertz CT molecular complexity index is 465. The molecule has 21 heavy (non-hydrogen) atoms. The molecular formula is C16H25N3O2. The first kappa shape index (κ1) is 15.6. The van der Waals surface area contributed by atoms with Gasteiger partial charge in [-0.25, -0.2) is 0 Å². The van der Waals surface area contributed by atoms with E-state index in [1.165, 1.54) is 0 Å². The van der Waals surface area contributed by atoms with Gasteiger partial charge in [0.05, 0.1) is 12.2 Å². The molecule has 1 aliphatic rings. The fourth-order valence-electron chi connectivity index (χ4n) is 2.45. The first-order chi connectivity index (χ1) is 10.2. The third-order valence-corrected chi connectivity index (χ3v) is 3.64. The van der Waals surface area contributed by atoms with Crippen LogP contribution in [0.5, 0.6) is 5.75 Å². The van der Waals surface area contributed by atoms with Crippen molar-refractivity contribution in [1.82, 2.24) is 10.2 Å². The van der Waals surface area contributed by atoms with E-state index in [-0.39, 0.29) is 5.91 Å². The van der Waals surface area contributed by atoms with Gasteiger partial charge in [0.2, 0.25) is 0 Å². The number of hydrogen-bond acceptors (Lipinski definition) is 4. The Labute approximate surface area is 126 Å². The van der Waals surface area contributed by atoms with Crippen LogP contribution in [-0.2, 0) is 4.79 Å². The first-order valence-electron chi connectivity index (χ1n) is 7.74. The number of benzene rings is 1. The monoisotopic (exact) mass is 291 g/mol. The maximum Gasteiger partial charge on any atom is 0.262 e. The van der Waals surface area contributed by atoms with Crippen molar-refractivity contribution in [3.05, 3.63) is 24.3 Å². The Morgan fingerprint density at radius 2 is 2.19 bits per heavy atom. The molecule has 1 heterocycles. The van der Waals surface area contributed by atoms with E-state index >= 15 is 0 Å². The normalized spacial score (nSPS) is 16.8. The highest BCUT2D eigenvalue weighted by atomic mass is 16.5. The van der Waals surface area contributed by atoms with Crippen LogP contribution in [-0.4, -0.2) is 49.6 Å². The van der Waals surface area contributed by atoms with Crippen LogP contribution in [0.3, 0.4) is 0 Å². The molecule has 1 aromatic rings. The second kappa shape index (κ2) is 7.88. The van der Waals surface area contributed by atoms with Gasteiger partial charge in [-0.1, -0.05) is 26.0 Å². The van der Waals surface area contributed by atoms with Gasteiger partial charge in [-0.05, 0) is 31.6 Å². The number of carbonyl (C=O) groups excluding carboxylic acids is 1. The number of amides is 1. The van der Waals surface area contributed by atoms with Gasteiger partial charge in [-0.3, -0.25) is 4.79 Å². The number of carbonyl (C=O) groups is 1. The lowest BCUT2D eigenvalue weighted by molar-refractivity contribution is -0.127. The molecule has 1 aromatic carbocycles. The van der Waals surface area contributed by atoms with E-state index in [1.807, 2.05) is 24.3 Å². The smallest absolute Gasteiger partial charge is 0.262 e. The van der Waals surface area contributed by atoms with Crippen LogP contribution in [0, 0.1) is 0 Å². The summed E-state index contributed by atoms with van der Waals surface area (Å²) >= 11 is 0. The van der Waals surface area contributed by atoms with E-state index < -0.39 is 6.10 Å². The van der Waals surface area contributed by atoms with E-state index in [0.29, 0.717) is 13.1 Å². The number of fused-ring (bicyclic) bond motifs is 1. The van der Waals surface area contributed by atoms with Crippen LogP contribution in [0.4, 0.5) is 5.69 Å². The molecule has 0 aromatic heterocycles. The fraction of sp³-hybridized carbons (Fsp3) is 0.562. The highest BCUT2D eigenvalue weighted by molar-refractivity contribution is 5.83. The van der Waals surface area contributed by atoms with Crippen molar-refractivity contribution in [1.29, 1.82) is 0 Å². The van der Waals surface area contributed by atoms with Gasteiger partial charge in [0.15, 0.2) is 6.10 Å². The lowest BCUT2D eigenvalue weighted by Crippen LogP contribution is -2.46. The minimum atomic E-state index is -0.457. The molecule has 5 heteroatoms. The molecule has 2 rings (SSSR count). The number of nitrogens with zero attached hydrogens (tertiary/aromatic N) is 1. The molecule has 0 radical (unpaired) electrons. The van der Waals surface area contributed by atoms with Gasteiger partial charge < -0.3 is 20.3 Å². The number of hydrogen-bond donors (Lipinski definition) is 2. The van der Waals surface area contributed by atoms with Crippen molar-refractivity contribution in [2.24, 2.45) is 0 Å². The van der Waals surface area contributed by atoms with Crippen molar-refractivity contribution in [2.75, 3.05) is 38.0 Å². The molecule has 1 aliphatic heterocycles. The summed E-state index contributed by atoms with van der Waals surface area (Å²) in [6, 6.07) is 7.68. The molecular weight excluding hydrogens is 266 g/mol. The molecule has 0 fully saturated rings. The van der Waals surface area contributed by atoms with Crippen molar-refractivity contribution in [2.45, 2.75) is 26.4 Å². The fourth-order valence-corrected chi connectivity index (χ4v) is 2.45. The number of anilines is 1. The first-order valence-corrected chi connectivity index (χ1v) is 7.74. The second-order valence-electron chi connectivity index (χ2n) is 5.21. The van der Waals surface area contributed by atoms with E-state index in [4.69, 9.17) is 4.74 Å². The number of ether oxygens (including phenoxy) is 1. The van der Waals surface area contributed by atoms with Crippen molar-refractivity contribution >= 4 is 11.6 Å². The lowest BCUT2D eigenvalue weighted by atomic mass is 10.2. The third-order valence-electron chi connectivity index (χ3n) is 3.64. The molecule has 0 saturated carbocycles. The Balaban J connectivity index is 1.77. The summed E-state index contributed by atoms with van der Waals surface area (Å²) in [5, 5.41) is 6.19. The second-order valence-corrected chi connectivity index (χ2v) is 5.21. The van der Waals surface area contributed by atoms with E-state index in [9.17, 15) is 4.79 Å². The predicted molar refractivity (Wildman–Crippen MR) is 84.8 cm³/mol. The Kier molecular flexibility index (Phi) is 5.87. The Morgan fingerprint density at radius 1 is 1.38 bits per heavy atom. The van der Waals surface area contributed by atoms with Crippen LogP contribution in [0.15, 0.2) is 24.3 Å². The van der Waals surface area contributed by atoms with Crippen LogP contribution < -0.4 is 15.4 Å². The minimum Gasteiger partial charge on any atom is -0.477 e. The van der Waals surface area contributed by atoms with E-state index in [2.05, 4.69) is 29.4 Å². The highest BCUT2D eigenvalue weighted by Gasteiger charge is 2.25. The highest BCUT2D eigenvalue weighted by Crippen LogP contribution is 2.28. The molecule has 0 saturated heterocycles. The molecule has 1 amide bonds. The average molecular weight is 291 g/mol. The van der Waals surface area contributed by atoms with Gasteiger partial charge in [-0.2, -0.15) is 0 Å². The van der Waals surface area contributed by atoms with Crippen LogP contribution in [0.25, 0.3) is 0 Å². The molecule has 5 nitrogen and oxygen atoms in total. The topological polar surface area (TPSA) is 53.6 Å². The molecule has 1 unspecified atom stereocenters. The van der Waals surface area contributed by atoms with Gasteiger partial charge >= 0.3 is 0 Å². The van der Waals surface area contributed by atoms with Gasteiger partial charge in [0.1, 0.15) is 5.75 Å².